The zero-order valence-electron chi connectivity index (χ0n) is 16.6. The molecular formula is C23H31NO2. The average Bonchev–Trinajstić information content (AvgIpc) is 2.63. The summed E-state index contributed by atoms with van der Waals surface area (Å²) in [6.45, 7) is 11.0. The molecule has 0 aliphatic rings. The standard InChI is InChI=1S/C23H31NO2/c1-6-21(26-22-9-7-8-17(4)18(22)5)23(25)24-15-14-19-10-12-20(13-11-19)16(2)3/h7-13,16,21H,6,14-15H2,1-5H3,(H,24,25)/t21-/m0/s1. The van der Waals surface area contributed by atoms with Gasteiger partial charge in [0.2, 0.25) is 0 Å². The number of aryl methyl sites for hydroxylation is 1. The molecule has 0 spiro atoms. The number of carbonyl (C=O) groups is 1. The Morgan fingerprint density at radius 3 is 2.38 bits per heavy atom. The highest BCUT2D eigenvalue weighted by atomic mass is 16.5. The van der Waals surface area contributed by atoms with E-state index in [1.54, 1.807) is 0 Å². The van der Waals surface area contributed by atoms with Crippen LogP contribution in [0.25, 0.3) is 0 Å². The van der Waals surface area contributed by atoms with Gasteiger partial charge in [-0.05, 0) is 60.9 Å². The third kappa shape index (κ3) is 5.35. The fourth-order valence-corrected chi connectivity index (χ4v) is 2.84. The van der Waals surface area contributed by atoms with Gasteiger partial charge in [0.05, 0.1) is 0 Å². The van der Waals surface area contributed by atoms with Crippen LogP contribution < -0.4 is 10.1 Å². The van der Waals surface area contributed by atoms with Gasteiger partial charge >= 0.3 is 0 Å². The van der Waals surface area contributed by atoms with Gasteiger partial charge in [0.1, 0.15) is 5.75 Å². The van der Waals surface area contributed by atoms with E-state index >= 15 is 0 Å². The predicted octanol–water partition coefficient (Wildman–Crippen LogP) is 4.94. The lowest BCUT2D eigenvalue weighted by molar-refractivity contribution is -0.128. The van der Waals surface area contributed by atoms with Crippen molar-refractivity contribution in [1.29, 1.82) is 0 Å². The van der Waals surface area contributed by atoms with E-state index in [0.717, 1.165) is 17.7 Å². The summed E-state index contributed by atoms with van der Waals surface area (Å²) in [5.74, 6) is 1.28. The van der Waals surface area contributed by atoms with Gasteiger partial charge in [-0.2, -0.15) is 0 Å². The lowest BCUT2D eigenvalue weighted by Crippen LogP contribution is -2.39. The van der Waals surface area contributed by atoms with Crippen LogP contribution in [-0.2, 0) is 11.2 Å². The van der Waals surface area contributed by atoms with E-state index in [9.17, 15) is 4.79 Å². The van der Waals surface area contributed by atoms with Crippen LogP contribution in [0, 0.1) is 13.8 Å². The van der Waals surface area contributed by atoms with Crippen molar-refractivity contribution in [3.8, 4) is 5.75 Å². The molecular weight excluding hydrogens is 322 g/mol. The maximum Gasteiger partial charge on any atom is 0.261 e. The molecule has 2 aromatic rings. The van der Waals surface area contributed by atoms with Crippen molar-refractivity contribution in [1.82, 2.24) is 5.32 Å². The van der Waals surface area contributed by atoms with E-state index in [2.05, 4.69) is 43.4 Å². The molecule has 1 atom stereocenters. The second kappa shape index (κ2) is 9.42. The number of amides is 1. The highest BCUT2D eigenvalue weighted by molar-refractivity contribution is 5.81. The molecule has 0 saturated carbocycles. The van der Waals surface area contributed by atoms with Gasteiger partial charge in [0, 0.05) is 6.54 Å². The van der Waals surface area contributed by atoms with Gasteiger partial charge in [-0.3, -0.25) is 4.79 Å². The Bertz CT molecular complexity index is 719. The predicted molar refractivity (Wildman–Crippen MR) is 108 cm³/mol. The molecule has 3 heteroatoms. The van der Waals surface area contributed by atoms with E-state index in [0.29, 0.717) is 18.9 Å². The molecule has 0 bridgehead atoms. The van der Waals surface area contributed by atoms with Gasteiger partial charge in [-0.1, -0.05) is 57.2 Å². The van der Waals surface area contributed by atoms with Crippen molar-refractivity contribution in [2.75, 3.05) is 6.54 Å². The van der Waals surface area contributed by atoms with Crippen LogP contribution in [0.15, 0.2) is 42.5 Å². The fraction of sp³-hybridized carbons (Fsp3) is 0.435. The maximum absolute atomic E-state index is 12.5. The number of carbonyl (C=O) groups excluding carboxylic acids is 1. The molecule has 0 saturated heterocycles. The summed E-state index contributed by atoms with van der Waals surface area (Å²) < 4.78 is 5.97. The molecule has 140 valence electrons. The third-order valence-corrected chi connectivity index (χ3v) is 4.85. The first-order chi connectivity index (χ1) is 12.4. The van der Waals surface area contributed by atoms with Crippen LogP contribution in [0.5, 0.6) is 5.75 Å². The van der Waals surface area contributed by atoms with Crippen LogP contribution in [0.3, 0.4) is 0 Å². The third-order valence-electron chi connectivity index (χ3n) is 4.85. The molecule has 0 fully saturated rings. The van der Waals surface area contributed by atoms with Crippen molar-refractivity contribution in [3.63, 3.8) is 0 Å². The largest absolute Gasteiger partial charge is 0.480 e. The Morgan fingerprint density at radius 2 is 1.77 bits per heavy atom. The van der Waals surface area contributed by atoms with E-state index in [1.165, 1.54) is 16.7 Å². The highest BCUT2D eigenvalue weighted by Gasteiger charge is 2.19. The number of hydrogen-bond acceptors (Lipinski definition) is 2. The summed E-state index contributed by atoms with van der Waals surface area (Å²) in [6.07, 6.45) is 1.01. The molecule has 0 aromatic heterocycles. The molecule has 26 heavy (non-hydrogen) atoms. The molecule has 1 N–H and O–H groups in total. The molecule has 0 radical (unpaired) electrons. The van der Waals surface area contributed by atoms with Crippen molar-refractivity contribution in [3.05, 3.63) is 64.7 Å². The minimum Gasteiger partial charge on any atom is -0.480 e. The van der Waals surface area contributed by atoms with E-state index in [4.69, 9.17) is 4.74 Å². The SMILES string of the molecule is CC[C@H](Oc1cccc(C)c1C)C(=O)NCCc1ccc(C(C)C)cc1. The Balaban J connectivity index is 1.87. The lowest BCUT2D eigenvalue weighted by Gasteiger charge is -2.19. The zero-order valence-corrected chi connectivity index (χ0v) is 16.6. The van der Waals surface area contributed by atoms with E-state index < -0.39 is 6.10 Å². The van der Waals surface area contributed by atoms with Gasteiger partial charge in [-0.25, -0.2) is 0 Å². The summed E-state index contributed by atoms with van der Waals surface area (Å²) in [5.41, 5.74) is 4.83. The van der Waals surface area contributed by atoms with Gasteiger partial charge < -0.3 is 10.1 Å². The summed E-state index contributed by atoms with van der Waals surface area (Å²) in [4.78, 5) is 12.5. The monoisotopic (exact) mass is 353 g/mol. The number of nitrogens with one attached hydrogen (secondary N) is 1. The smallest absolute Gasteiger partial charge is 0.261 e. The molecule has 0 unspecified atom stereocenters. The van der Waals surface area contributed by atoms with E-state index in [-0.39, 0.29) is 5.91 Å². The van der Waals surface area contributed by atoms with Crippen molar-refractivity contribution >= 4 is 5.91 Å². The Morgan fingerprint density at radius 1 is 1.08 bits per heavy atom. The summed E-state index contributed by atoms with van der Waals surface area (Å²) in [5, 5.41) is 3.01. The molecule has 3 nitrogen and oxygen atoms in total. The molecule has 0 heterocycles. The second-order valence-corrected chi connectivity index (χ2v) is 7.15. The summed E-state index contributed by atoms with van der Waals surface area (Å²) >= 11 is 0. The molecule has 2 aromatic carbocycles. The fourth-order valence-electron chi connectivity index (χ4n) is 2.84. The molecule has 0 aliphatic heterocycles. The first-order valence-corrected chi connectivity index (χ1v) is 9.51. The normalized spacial score (nSPS) is 12.1. The van der Waals surface area contributed by atoms with Crippen LogP contribution >= 0.6 is 0 Å². The van der Waals surface area contributed by atoms with Crippen molar-refractivity contribution in [2.24, 2.45) is 0 Å². The summed E-state index contributed by atoms with van der Waals surface area (Å²) in [7, 11) is 0. The van der Waals surface area contributed by atoms with Crippen LogP contribution in [0.4, 0.5) is 0 Å². The number of ether oxygens (including phenoxy) is 1. The number of benzene rings is 2. The Labute approximate surface area is 157 Å². The minimum atomic E-state index is -0.459. The van der Waals surface area contributed by atoms with Gasteiger partial charge in [0.15, 0.2) is 6.10 Å². The van der Waals surface area contributed by atoms with Crippen LogP contribution in [0.1, 0.15) is 55.4 Å². The minimum absolute atomic E-state index is 0.0489. The van der Waals surface area contributed by atoms with Gasteiger partial charge in [-0.15, -0.1) is 0 Å². The van der Waals surface area contributed by atoms with Gasteiger partial charge in [0.25, 0.3) is 5.91 Å². The molecule has 1 amide bonds. The highest BCUT2D eigenvalue weighted by Crippen LogP contribution is 2.22. The first-order valence-electron chi connectivity index (χ1n) is 9.51. The lowest BCUT2D eigenvalue weighted by atomic mass is 10.0. The average molecular weight is 354 g/mol. The number of rotatable bonds is 8. The topological polar surface area (TPSA) is 38.3 Å². The molecule has 0 aliphatic carbocycles. The van der Waals surface area contributed by atoms with Crippen LogP contribution in [-0.4, -0.2) is 18.6 Å². The Hall–Kier alpha value is -2.29. The quantitative estimate of drug-likeness (QED) is 0.730. The van der Waals surface area contributed by atoms with E-state index in [1.807, 2.05) is 39.0 Å². The zero-order chi connectivity index (χ0) is 19.1. The molecule has 2 rings (SSSR count). The Kier molecular flexibility index (Phi) is 7.26. The number of hydrogen-bond donors (Lipinski definition) is 1. The van der Waals surface area contributed by atoms with Crippen molar-refractivity contribution in [2.45, 2.75) is 59.5 Å². The van der Waals surface area contributed by atoms with Crippen molar-refractivity contribution < 1.29 is 9.53 Å². The second-order valence-electron chi connectivity index (χ2n) is 7.15. The maximum atomic E-state index is 12.5. The summed E-state index contributed by atoms with van der Waals surface area (Å²) in [6, 6.07) is 14.6. The first kappa shape index (κ1) is 20.0. The van der Waals surface area contributed by atoms with Crippen LogP contribution in [0.2, 0.25) is 0 Å².